The minimum atomic E-state index is -0.00622. The molecule has 0 fully saturated rings. The lowest BCUT2D eigenvalue weighted by Crippen LogP contribution is -2.30. The Kier molecular flexibility index (Phi) is 4.20. The van der Waals surface area contributed by atoms with Gasteiger partial charge in [-0.05, 0) is 0 Å². The number of aromatic nitrogens is 4. The number of rotatable bonds is 3. The first-order chi connectivity index (χ1) is 9.63. The smallest absolute Gasteiger partial charge is 0.335 e. The van der Waals surface area contributed by atoms with Gasteiger partial charge in [0.2, 0.25) is 18.1 Å². The van der Waals surface area contributed by atoms with E-state index in [1.54, 1.807) is 6.07 Å². The Morgan fingerprint density at radius 3 is 2.25 bits per heavy atom. The number of hydrogen-bond acceptors (Lipinski definition) is 7. The Balaban J connectivity index is 2.13. The van der Waals surface area contributed by atoms with Crippen molar-refractivity contribution in [2.75, 3.05) is 0 Å². The first-order valence-electron chi connectivity index (χ1n) is 4.94. The summed E-state index contributed by atoms with van der Waals surface area (Å²) in [5, 5.41) is 32.2. The van der Waals surface area contributed by atoms with Crippen molar-refractivity contribution < 1.29 is 9.46 Å². The van der Waals surface area contributed by atoms with Crippen molar-refractivity contribution in [1.82, 2.24) is 9.97 Å². The lowest BCUT2D eigenvalue weighted by atomic mass is 10.5. The lowest BCUT2D eigenvalue weighted by molar-refractivity contribution is -0.646. The topological polar surface area (TPSA) is 108 Å². The van der Waals surface area contributed by atoms with Crippen molar-refractivity contribution in [2.45, 2.75) is 10.1 Å². The molecule has 2 rings (SSSR count). The molecule has 2 aromatic rings. The maximum absolute atomic E-state index is 11.6. The summed E-state index contributed by atoms with van der Waals surface area (Å²) in [5.74, 6) is -0.00622. The molecular weight excluding hydrogens is 300 g/mol. The summed E-state index contributed by atoms with van der Waals surface area (Å²) in [6.45, 7) is 6.73. The van der Waals surface area contributed by atoms with Crippen molar-refractivity contribution in [3.63, 3.8) is 0 Å². The summed E-state index contributed by atoms with van der Waals surface area (Å²) in [6, 6.07) is 1.75. The van der Waals surface area contributed by atoms with Gasteiger partial charge in [-0.2, -0.15) is 14.7 Å². The summed E-state index contributed by atoms with van der Waals surface area (Å²) in [7, 11) is 2.01. The van der Waals surface area contributed by atoms with E-state index in [0.717, 1.165) is 34.0 Å². The maximum atomic E-state index is 11.6. The standard InChI is InChI=1S/C10H4N6O2S2/c1-12-8-6-16(18)10(4-14-8)20-19-9-3-13-7(2-11)5-15(9)17/h3-6H. The van der Waals surface area contributed by atoms with Gasteiger partial charge in [-0.3, -0.25) is 0 Å². The zero-order chi connectivity index (χ0) is 14.5. The van der Waals surface area contributed by atoms with E-state index in [1.807, 2.05) is 0 Å². The number of nitrogens with zero attached hydrogens (tertiary/aromatic N) is 6. The van der Waals surface area contributed by atoms with Crippen LogP contribution >= 0.6 is 21.6 Å². The van der Waals surface area contributed by atoms with E-state index < -0.39 is 0 Å². The Morgan fingerprint density at radius 1 is 1.15 bits per heavy atom. The molecule has 0 aliphatic heterocycles. The summed E-state index contributed by atoms with van der Waals surface area (Å²) in [6.07, 6.45) is 4.61. The molecule has 0 spiro atoms. The van der Waals surface area contributed by atoms with Crippen LogP contribution in [0.4, 0.5) is 5.82 Å². The highest BCUT2D eigenvalue weighted by atomic mass is 33.1. The van der Waals surface area contributed by atoms with Crippen LogP contribution in [0.1, 0.15) is 5.69 Å². The molecule has 0 bridgehead atoms. The third-order valence-corrected chi connectivity index (χ3v) is 4.24. The van der Waals surface area contributed by atoms with E-state index in [4.69, 9.17) is 11.8 Å². The highest BCUT2D eigenvalue weighted by molar-refractivity contribution is 8.76. The summed E-state index contributed by atoms with van der Waals surface area (Å²) >= 11 is 0. The van der Waals surface area contributed by atoms with Crippen molar-refractivity contribution in [1.29, 1.82) is 5.26 Å². The summed E-state index contributed by atoms with van der Waals surface area (Å²) in [5.41, 5.74) is 0.0105. The van der Waals surface area contributed by atoms with Crippen LogP contribution in [0.2, 0.25) is 0 Å². The Bertz CT molecular complexity index is 676. The van der Waals surface area contributed by atoms with Crippen molar-refractivity contribution in [3.8, 4) is 6.07 Å². The minimum absolute atomic E-state index is 0.00622. The third kappa shape index (κ3) is 3.06. The van der Waals surface area contributed by atoms with Gasteiger partial charge in [0.15, 0.2) is 6.20 Å². The molecule has 0 aliphatic rings. The van der Waals surface area contributed by atoms with Crippen LogP contribution in [-0.2, 0) is 0 Å². The summed E-state index contributed by atoms with van der Waals surface area (Å²) in [4.78, 5) is 10.6. The van der Waals surface area contributed by atoms with Gasteiger partial charge in [-0.15, -0.1) is 4.98 Å². The molecule has 0 N–H and O–H groups in total. The van der Waals surface area contributed by atoms with Crippen LogP contribution in [0.15, 0.2) is 34.8 Å². The van der Waals surface area contributed by atoms with Gasteiger partial charge >= 0.3 is 10.8 Å². The van der Waals surface area contributed by atoms with Crippen LogP contribution < -0.4 is 9.46 Å². The molecule has 0 saturated heterocycles. The van der Waals surface area contributed by atoms with Crippen molar-refractivity contribution in [2.24, 2.45) is 0 Å². The quantitative estimate of drug-likeness (QED) is 0.360. The maximum Gasteiger partial charge on any atom is 0.335 e. The second kappa shape index (κ2) is 6.06. The monoisotopic (exact) mass is 304 g/mol. The predicted molar refractivity (Wildman–Crippen MR) is 69.1 cm³/mol. The van der Waals surface area contributed by atoms with Crippen LogP contribution in [0.3, 0.4) is 0 Å². The molecule has 20 heavy (non-hydrogen) atoms. The van der Waals surface area contributed by atoms with Gasteiger partial charge in [0.1, 0.15) is 12.3 Å². The molecule has 10 heteroatoms. The minimum Gasteiger partial charge on any atom is -0.619 e. The predicted octanol–water partition coefficient (Wildman–Crippen LogP) is 0.965. The van der Waals surface area contributed by atoms with E-state index in [1.165, 1.54) is 12.4 Å². The average Bonchev–Trinajstić information content (AvgIpc) is 2.46. The molecule has 98 valence electrons. The number of nitriles is 1. The molecule has 2 heterocycles. The molecule has 8 nitrogen and oxygen atoms in total. The number of hydrogen-bond donors (Lipinski definition) is 0. The SMILES string of the molecule is [C-]#[N+]c1c[n+]([O-])c(SSc2cnc(C#N)c[n+]2[O-])cn1. The van der Waals surface area contributed by atoms with E-state index in [-0.39, 0.29) is 21.6 Å². The first-order valence-corrected chi connectivity index (χ1v) is 7.09. The molecule has 0 amide bonds. The summed E-state index contributed by atoms with van der Waals surface area (Å²) < 4.78 is 1.00. The fraction of sp³-hybridized carbons (Fsp3) is 0. The first kappa shape index (κ1) is 13.9. The van der Waals surface area contributed by atoms with Crippen molar-refractivity contribution in [3.05, 3.63) is 52.3 Å². The van der Waals surface area contributed by atoms with E-state index in [0.29, 0.717) is 9.46 Å². The highest BCUT2D eigenvalue weighted by Crippen LogP contribution is 2.33. The van der Waals surface area contributed by atoms with Crippen LogP contribution in [0.25, 0.3) is 4.85 Å². The Morgan fingerprint density at radius 2 is 1.75 bits per heavy atom. The Hall–Kier alpha value is -2.56. The van der Waals surface area contributed by atoms with Gasteiger partial charge < -0.3 is 15.3 Å². The average molecular weight is 304 g/mol. The molecule has 0 saturated carbocycles. The van der Waals surface area contributed by atoms with E-state index in [9.17, 15) is 10.4 Å². The largest absolute Gasteiger partial charge is 0.619 e. The van der Waals surface area contributed by atoms with Gasteiger partial charge in [0.05, 0.1) is 0 Å². The molecular formula is C10H4N6O2S2. The highest BCUT2D eigenvalue weighted by Gasteiger charge is 2.16. The molecule has 0 aliphatic carbocycles. The van der Waals surface area contributed by atoms with E-state index in [2.05, 4.69) is 14.8 Å². The molecule has 0 unspecified atom stereocenters. The Labute approximate surface area is 121 Å². The molecule has 0 radical (unpaired) electrons. The third-order valence-electron chi connectivity index (χ3n) is 1.97. The lowest BCUT2D eigenvalue weighted by Gasteiger charge is -2.03. The molecule has 0 aromatic carbocycles. The van der Waals surface area contributed by atoms with Crippen molar-refractivity contribution >= 4 is 27.4 Å². The fourth-order valence-electron chi connectivity index (χ4n) is 1.09. The zero-order valence-corrected chi connectivity index (χ0v) is 11.3. The van der Waals surface area contributed by atoms with Crippen LogP contribution in [-0.4, -0.2) is 9.97 Å². The fourth-order valence-corrected chi connectivity index (χ4v) is 2.91. The normalized spacial score (nSPS) is 9.70. The molecule has 2 aromatic heterocycles. The zero-order valence-electron chi connectivity index (χ0n) is 9.63. The molecule has 0 atom stereocenters. The van der Waals surface area contributed by atoms with Gasteiger partial charge in [0.25, 0.3) is 5.03 Å². The van der Waals surface area contributed by atoms with Crippen LogP contribution in [0.5, 0.6) is 0 Å². The van der Waals surface area contributed by atoms with Gasteiger partial charge in [-0.1, -0.05) is 6.57 Å². The van der Waals surface area contributed by atoms with Crippen LogP contribution in [0, 0.1) is 28.3 Å². The van der Waals surface area contributed by atoms with Gasteiger partial charge in [0, 0.05) is 21.6 Å². The van der Waals surface area contributed by atoms with E-state index >= 15 is 0 Å². The second-order valence-corrected chi connectivity index (χ2v) is 5.41. The van der Waals surface area contributed by atoms with Gasteiger partial charge in [-0.25, -0.2) is 4.98 Å². The second-order valence-electron chi connectivity index (χ2n) is 3.24.